The first-order valence-electron chi connectivity index (χ1n) is 7.73. The largest absolute Gasteiger partial charge is 0.396 e. The standard InChI is InChI=1S/C17H20N4O2/c22-11-17(8-4-9-17)15(13-5-2-1-3-6-13)21-16(23)20-14-7-10-18-12-19-14/h1-3,5-7,10,12,15,22H,4,8-9,11H2,(H2,18,19,20,21,23)/t15-/m1/s1. The molecule has 1 heterocycles. The molecule has 1 saturated carbocycles. The number of hydrogen-bond acceptors (Lipinski definition) is 4. The van der Waals surface area contributed by atoms with Gasteiger partial charge in [0.25, 0.3) is 0 Å². The van der Waals surface area contributed by atoms with Crippen LogP contribution in [0.1, 0.15) is 30.9 Å². The van der Waals surface area contributed by atoms with E-state index in [0.29, 0.717) is 5.82 Å². The minimum absolute atomic E-state index is 0.0559. The monoisotopic (exact) mass is 312 g/mol. The molecule has 120 valence electrons. The van der Waals surface area contributed by atoms with Gasteiger partial charge in [0.2, 0.25) is 0 Å². The predicted octanol–water partition coefficient (Wildman–Crippen LogP) is 2.50. The van der Waals surface area contributed by atoms with Gasteiger partial charge in [-0.15, -0.1) is 0 Å². The van der Waals surface area contributed by atoms with Crippen molar-refractivity contribution in [2.75, 3.05) is 11.9 Å². The Hall–Kier alpha value is -2.47. The van der Waals surface area contributed by atoms with E-state index in [-0.39, 0.29) is 24.1 Å². The van der Waals surface area contributed by atoms with E-state index in [2.05, 4.69) is 20.6 Å². The van der Waals surface area contributed by atoms with Crippen LogP contribution >= 0.6 is 0 Å². The Morgan fingerprint density at radius 3 is 2.61 bits per heavy atom. The van der Waals surface area contributed by atoms with E-state index in [4.69, 9.17) is 0 Å². The van der Waals surface area contributed by atoms with Gasteiger partial charge in [-0.25, -0.2) is 14.8 Å². The van der Waals surface area contributed by atoms with Gasteiger partial charge in [0.1, 0.15) is 12.1 Å². The van der Waals surface area contributed by atoms with Crippen molar-refractivity contribution in [3.8, 4) is 0 Å². The van der Waals surface area contributed by atoms with E-state index in [9.17, 15) is 9.90 Å². The first-order chi connectivity index (χ1) is 11.2. The molecule has 1 aromatic carbocycles. The lowest BCUT2D eigenvalue weighted by atomic mass is 9.63. The molecule has 23 heavy (non-hydrogen) atoms. The third kappa shape index (κ3) is 3.32. The molecule has 0 saturated heterocycles. The molecular weight excluding hydrogens is 292 g/mol. The highest BCUT2D eigenvalue weighted by molar-refractivity contribution is 5.88. The van der Waals surface area contributed by atoms with E-state index in [1.165, 1.54) is 6.33 Å². The number of carbonyl (C=O) groups excluding carboxylic acids is 1. The smallest absolute Gasteiger partial charge is 0.320 e. The zero-order valence-electron chi connectivity index (χ0n) is 12.8. The number of urea groups is 1. The van der Waals surface area contributed by atoms with Crippen LogP contribution in [0, 0.1) is 5.41 Å². The van der Waals surface area contributed by atoms with Crippen molar-refractivity contribution in [2.24, 2.45) is 5.41 Å². The fourth-order valence-corrected chi connectivity index (χ4v) is 3.05. The molecule has 1 atom stereocenters. The highest BCUT2D eigenvalue weighted by Crippen LogP contribution is 2.49. The quantitative estimate of drug-likeness (QED) is 0.791. The Balaban J connectivity index is 1.78. The minimum atomic E-state index is -0.336. The van der Waals surface area contributed by atoms with Crippen LogP contribution in [0.3, 0.4) is 0 Å². The van der Waals surface area contributed by atoms with Gasteiger partial charge >= 0.3 is 6.03 Å². The van der Waals surface area contributed by atoms with Crippen LogP contribution in [-0.2, 0) is 0 Å². The Morgan fingerprint density at radius 2 is 2.04 bits per heavy atom. The first kappa shape index (κ1) is 15.4. The maximum atomic E-state index is 12.3. The molecular formula is C17H20N4O2. The maximum Gasteiger partial charge on any atom is 0.320 e. The number of aliphatic hydroxyl groups excluding tert-OH is 1. The second kappa shape index (κ2) is 6.75. The number of hydrogen-bond donors (Lipinski definition) is 3. The van der Waals surface area contributed by atoms with Crippen molar-refractivity contribution in [2.45, 2.75) is 25.3 Å². The minimum Gasteiger partial charge on any atom is -0.396 e. The zero-order valence-corrected chi connectivity index (χ0v) is 12.8. The summed E-state index contributed by atoms with van der Waals surface area (Å²) >= 11 is 0. The number of anilines is 1. The third-order valence-corrected chi connectivity index (χ3v) is 4.51. The van der Waals surface area contributed by atoms with Gasteiger partial charge in [0.05, 0.1) is 12.6 Å². The van der Waals surface area contributed by atoms with Crippen molar-refractivity contribution in [3.05, 3.63) is 54.5 Å². The second-order valence-corrected chi connectivity index (χ2v) is 5.91. The van der Waals surface area contributed by atoms with E-state index in [1.807, 2.05) is 30.3 Å². The second-order valence-electron chi connectivity index (χ2n) is 5.91. The van der Waals surface area contributed by atoms with Crippen LogP contribution in [0.15, 0.2) is 48.9 Å². The van der Waals surface area contributed by atoms with Gasteiger partial charge in [-0.3, -0.25) is 5.32 Å². The number of aliphatic hydroxyl groups is 1. The summed E-state index contributed by atoms with van der Waals surface area (Å²) in [6, 6.07) is 10.8. The van der Waals surface area contributed by atoms with E-state index >= 15 is 0 Å². The van der Waals surface area contributed by atoms with E-state index in [1.54, 1.807) is 12.3 Å². The van der Waals surface area contributed by atoms with Gasteiger partial charge in [0, 0.05) is 11.6 Å². The highest BCUT2D eigenvalue weighted by atomic mass is 16.3. The van der Waals surface area contributed by atoms with Crippen LogP contribution in [0.4, 0.5) is 10.6 Å². The number of nitrogens with zero attached hydrogens (tertiary/aromatic N) is 2. The molecule has 2 amide bonds. The number of amides is 2. The lowest BCUT2D eigenvalue weighted by molar-refractivity contribution is 0.00969. The van der Waals surface area contributed by atoms with E-state index in [0.717, 1.165) is 24.8 Å². The number of aromatic nitrogens is 2. The Morgan fingerprint density at radius 1 is 1.26 bits per heavy atom. The summed E-state index contributed by atoms with van der Waals surface area (Å²) in [6.45, 7) is 0.0559. The summed E-state index contributed by atoms with van der Waals surface area (Å²) in [7, 11) is 0. The van der Waals surface area contributed by atoms with E-state index < -0.39 is 0 Å². The molecule has 0 bridgehead atoms. The van der Waals surface area contributed by atoms with Crippen LogP contribution in [0.25, 0.3) is 0 Å². The van der Waals surface area contributed by atoms with Crippen LogP contribution in [-0.4, -0.2) is 27.7 Å². The van der Waals surface area contributed by atoms with Crippen LogP contribution in [0.5, 0.6) is 0 Å². The molecule has 6 nitrogen and oxygen atoms in total. The summed E-state index contributed by atoms with van der Waals surface area (Å²) in [5.41, 5.74) is 0.712. The SMILES string of the molecule is O=C(Nc1ccncn1)N[C@H](c1ccccc1)C1(CO)CCC1. The predicted molar refractivity (Wildman–Crippen MR) is 86.7 cm³/mol. The average molecular weight is 312 g/mol. The lowest BCUT2D eigenvalue weighted by Gasteiger charge is -2.46. The average Bonchev–Trinajstić information content (AvgIpc) is 2.55. The molecule has 1 fully saturated rings. The summed E-state index contributed by atoms with van der Waals surface area (Å²) in [6.07, 6.45) is 5.82. The molecule has 0 unspecified atom stereocenters. The van der Waals surface area contributed by atoms with Gasteiger partial charge in [-0.1, -0.05) is 36.8 Å². The molecule has 3 rings (SSSR count). The molecule has 3 N–H and O–H groups in total. The highest BCUT2D eigenvalue weighted by Gasteiger charge is 2.45. The number of rotatable bonds is 5. The third-order valence-electron chi connectivity index (χ3n) is 4.51. The Kier molecular flexibility index (Phi) is 4.52. The van der Waals surface area contributed by atoms with Gasteiger partial charge < -0.3 is 10.4 Å². The molecule has 0 radical (unpaired) electrons. The van der Waals surface area contributed by atoms with Crippen molar-refractivity contribution in [1.29, 1.82) is 0 Å². The summed E-state index contributed by atoms with van der Waals surface area (Å²) in [5.74, 6) is 0.441. The van der Waals surface area contributed by atoms with Crippen molar-refractivity contribution >= 4 is 11.8 Å². The molecule has 2 aromatic rings. The topological polar surface area (TPSA) is 87.1 Å². The maximum absolute atomic E-state index is 12.3. The summed E-state index contributed by atoms with van der Waals surface area (Å²) < 4.78 is 0. The van der Waals surface area contributed by atoms with Gasteiger partial charge in [0.15, 0.2) is 0 Å². The van der Waals surface area contributed by atoms with Crippen molar-refractivity contribution in [3.63, 3.8) is 0 Å². The van der Waals surface area contributed by atoms with Crippen LogP contribution < -0.4 is 10.6 Å². The molecule has 1 aromatic heterocycles. The normalized spacial score (nSPS) is 16.9. The summed E-state index contributed by atoms with van der Waals surface area (Å²) in [5, 5.41) is 15.6. The number of carbonyl (C=O) groups is 1. The molecule has 0 spiro atoms. The Bertz CT molecular complexity index is 639. The van der Waals surface area contributed by atoms with Gasteiger partial charge in [-0.05, 0) is 24.5 Å². The molecule has 6 heteroatoms. The van der Waals surface area contributed by atoms with Crippen molar-refractivity contribution in [1.82, 2.24) is 15.3 Å². The zero-order chi connectivity index (χ0) is 16.1. The molecule has 1 aliphatic carbocycles. The van der Waals surface area contributed by atoms with Crippen LogP contribution in [0.2, 0.25) is 0 Å². The molecule has 1 aliphatic rings. The van der Waals surface area contributed by atoms with Crippen molar-refractivity contribution < 1.29 is 9.90 Å². The summed E-state index contributed by atoms with van der Waals surface area (Å²) in [4.78, 5) is 20.1. The molecule has 0 aliphatic heterocycles. The fraction of sp³-hybridized carbons (Fsp3) is 0.353. The fourth-order valence-electron chi connectivity index (χ4n) is 3.05. The first-order valence-corrected chi connectivity index (χ1v) is 7.73. The Labute approximate surface area is 135 Å². The van der Waals surface area contributed by atoms with Gasteiger partial charge in [-0.2, -0.15) is 0 Å². The number of nitrogens with one attached hydrogen (secondary N) is 2. The number of benzene rings is 1. The lowest BCUT2D eigenvalue weighted by Crippen LogP contribution is -2.48.